The first-order valence-electron chi connectivity index (χ1n) is 4.25. The molecule has 0 amide bonds. The van der Waals surface area contributed by atoms with Crippen LogP contribution in [-0.2, 0) is 0 Å². The van der Waals surface area contributed by atoms with Crippen LogP contribution in [-0.4, -0.2) is 10.2 Å². The molecule has 0 saturated heterocycles. The zero-order valence-electron chi connectivity index (χ0n) is 7.71. The number of nitrogens with two attached hydrogens (primary N) is 1. The Bertz CT molecular complexity index is 462. The molecule has 0 saturated carbocycles. The quantitative estimate of drug-likeness (QED) is 0.755. The maximum atomic E-state index is 6.00. The minimum atomic E-state index is 0.338. The molecule has 3 N–H and O–H groups in total. The van der Waals surface area contributed by atoms with Crippen LogP contribution < -0.4 is 5.73 Å². The second-order valence-electron chi connectivity index (χ2n) is 3.11. The summed E-state index contributed by atoms with van der Waals surface area (Å²) in [5.41, 5.74) is 8.50. The Balaban J connectivity index is 2.60. The summed E-state index contributed by atoms with van der Waals surface area (Å²) in [6.07, 6.45) is 0. The summed E-state index contributed by atoms with van der Waals surface area (Å²) in [6.45, 7) is 2.02. The SMILES string of the molecule is Cc1ccccc1-c1[nH]nc(N)c1Cl. The molecule has 0 aliphatic heterocycles. The van der Waals surface area contributed by atoms with Crippen LogP contribution in [0.1, 0.15) is 5.56 Å². The van der Waals surface area contributed by atoms with Gasteiger partial charge in [-0.3, -0.25) is 5.10 Å². The van der Waals surface area contributed by atoms with Gasteiger partial charge < -0.3 is 5.73 Å². The van der Waals surface area contributed by atoms with Crippen molar-refractivity contribution >= 4 is 17.4 Å². The smallest absolute Gasteiger partial charge is 0.164 e. The van der Waals surface area contributed by atoms with Gasteiger partial charge in [-0.05, 0) is 12.5 Å². The van der Waals surface area contributed by atoms with Gasteiger partial charge in [0, 0.05) is 5.56 Å². The molecule has 0 bridgehead atoms. The van der Waals surface area contributed by atoms with Crippen molar-refractivity contribution in [3.05, 3.63) is 34.9 Å². The average molecular weight is 208 g/mol. The lowest BCUT2D eigenvalue weighted by atomic mass is 10.1. The topological polar surface area (TPSA) is 54.7 Å². The highest BCUT2D eigenvalue weighted by Gasteiger charge is 2.11. The van der Waals surface area contributed by atoms with E-state index in [0.717, 1.165) is 16.8 Å². The molecular weight excluding hydrogens is 198 g/mol. The van der Waals surface area contributed by atoms with E-state index in [1.54, 1.807) is 0 Å². The lowest BCUT2D eigenvalue weighted by Gasteiger charge is -2.02. The van der Waals surface area contributed by atoms with Crippen LogP contribution in [0.5, 0.6) is 0 Å². The third kappa shape index (κ3) is 1.36. The fourth-order valence-corrected chi connectivity index (χ4v) is 1.56. The maximum Gasteiger partial charge on any atom is 0.164 e. The number of nitrogens with one attached hydrogen (secondary N) is 1. The second kappa shape index (κ2) is 3.35. The molecule has 4 heteroatoms. The number of halogens is 1. The number of aromatic amines is 1. The van der Waals surface area contributed by atoms with Crippen molar-refractivity contribution in [1.82, 2.24) is 10.2 Å². The first-order chi connectivity index (χ1) is 6.70. The van der Waals surface area contributed by atoms with Gasteiger partial charge >= 0.3 is 0 Å². The monoisotopic (exact) mass is 207 g/mol. The number of nitrogen functional groups attached to an aromatic ring is 1. The summed E-state index contributed by atoms with van der Waals surface area (Å²) >= 11 is 6.00. The van der Waals surface area contributed by atoms with Crippen LogP contribution >= 0.6 is 11.6 Å². The fraction of sp³-hybridized carbons (Fsp3) is 0.100. The Morgan fingerprint density at radius 1 is 1.36 bits per heavy atom. The van der Waals surface area contributed by atoms with Crippen molar-refractivity contribution < 1.29 is 0 Å². The Kier molecular flexibility index (Phi) is 2.17. The highest BCUT2D eigenvalue weighted by Crippen LogP contribution is 2.31. The van der Waals surface area contributed by atoms with E-state index in [1.807, 2.05) is 31.2 Å². The lowest BCUT2D eigenvalue weighted by molar-refractivity contribution is 1.10. The van der Waals surface area contributed by atoms with E-state index < -0.39 is 0 Å². The number of anilines is 1. The number of hydrogen-bond acceptors (Lipinski definition) is 2. The molecule has 0 unspecified atom stereocenters. The predicted molar refractivity (Wildman–Crippen MR) is 58.2 cm³/mol. The van der Waals surface area contributed by atoms with Crippen LogP contribution in [0.2, 0.25) is 5.02 Å². The number of aromatic nitrogens is 2. The van der Waals surface area contributed by atoms with E-state index in [4.69, 9.17) is 17.3 Å². The summed E-state index contributed by atoms with van der Waals surface area (Å²) in [4.78, 5) is 0. The number of H-pyrrole nitrogens is 1. The molecule has 0 fully saturated rings. The van der Waals surface area contributed by atoms with E-state index in [-0.39, 0.29) is 0 Å². The molecule has 2 aromatic rings. The van der Waals surface area contributed by atoms with Crippen molar-refractivity contribution in [2.24, 2.45) is 0 Å². The summed E-state index contributed by atoms with van der Waals surface area (Å²) in [6, 6.07) is 7.93. The molecule has 1 aromatic carbocycles. The maximum absolute atomic E-state index is 6.00. The minimum Gasteiger partial charge on any atom is -0.381 e. The predicted octanol–water partition coefficient (Wildman–Crippen LogP) is 2.62. The molecule has 2 rings (SSSR count). The third-order valence-corrected chi connectivity index (χ3v) is 2.53. The zero-order valence-corrected chi connectivity index (χ0v) is 8.47. The van der Waals surface area contributed by atoms with Gasteiger partial charge in [0.15, 0.2) is 5.82 Å². The van der Waals surface area contributed by atoms with Gasteiger partial charge in [-0.2, -0.15) is 5.10 Å². The summed E-state index contributed by atoms with van der Waals surface area (Å²) < 4.78 is 0. The van der Waals surface area contributed by atoms with Gasteiger partial charge in [-0.1, -0.05) is 35.9 Å². The second-order valence-corrected chi connectivity index (χ2v) is 3.49. The molecule has 0 atom stereocenters. The minimum absolute atomic E-state index is 0.338. The van der Waals surface area contributed by atoms with Gasteiger partial charge in [-0.25, -0.2) is 0 Å². The molecule has 14 heavy (non-hydrogen) atoms. The number of aryl methyl sites for hydroxylation is 1. The Hall–Kier alpha value is -1.48. The van der Waals surface area contributed by atoms with Crippen molar-refractivity contribution in [2.75, 3.05) is 5.73 Å². The van der Waals surface area contributed by atoms with Gasteiger partial charge in [-0.15, -0.1) is 0 Å². The third-order valence-electron chi connectivity index (χ3n) is 2.15. The summed E-state index contributed by atoms with van der Waals surface area (Å²) in [5.74, 6) is 0.338. The molecule has 0 spiro atoms. The molecule has 72 valence electrons. The molecule has 0 aliphatic rings. The molecule has 1 heterocycles. The van der Waals surface area contributed by atoms with Gasteiger partial charge in [0.05, 0.1) is 5.69 Å². The van der Waals surface area contributed by atoms with Crippen molar-refractivity contribution in [3.8, 4) is 11.3 Å². The standard InChI is InChI=1S/C10H10ClN3/c1-6-4-2-3-5-7(6)9-8(11)10(12)14-13-9/h2-5H,1H3,(H3,12,13,14). The fourth-order valence-electron chi connectivity index (χ4n) is 1.37. The van der Waals surface area contributed by atoms with Crippen molar-refractivity contribution in [1.29, 1.82) is 0 Å². The van der Waals surface area contributed by atoms with Crippen LogP contribution in [0.4, 0.5) is 5.82 Å². The highest BCUT2D eigenvalue weighted by atomic mass is 35.5. The zero-order chi connectivity index (χ0) is 10.1. The average Bonchev–Trinajstić information content (AvgIpc) is 2.49. The van der Waals surface area contributed by atoms with Crippen LogP contribution in [0.15, 0.2) is 24.3 Å². The molecule has 0 radical (unpaired) electrons. The summed E-state index contributed by atoms with van der Waals surface area (Å²) in [5, 5.41) is 7.16. The Morgan fingerprint density at radius 3 is 2.64 bits per heavy atom. The van der Waals surface area contributed by atoms with Crippen LogP contribution in [0.3, 0.4) is 0 Å². The normalized spacial score (nSPS) is 10.4. The molecule has 1 aromatic heterocycles. The number of nitrogens with zero attached hydrogens (tertiary/aromatic N) is 1. The molecular formula is C10H10ClN3. The van der Waals surface area contributed by atoms with Crippen LogP contribution in [0.25, 0.3) is 11.3 Å². The molecule has 3 nitrogen and oxygen atoms in total. The van der Waals surface area contributed by atoms with E-state index in [1.165, 1.54) is 0 Å². The lowest BCUT2D eigenvalue weighted by Crippen LogP contribution is -1.84. The first kappa shape index (κ1) is 9.09. The largest absolute Gasteiger partial charge is 0.381 e. The van der Waals surface area contributed by atoms with E-state index in [0.29, 0.717) is 10.8 Å². The Labute approximate surface area is 86.9 Å². The number of hydrogen-bond donors (Lipinski definition) is 2. The number of benzene rings is 1. The van der Waals surface area contributed by atoms with Crippen LogP contribution in [0, 0.1) is 6.92 Å². The highest BCUT2D eigenvalue weighted by molar-refractivity contribution is 6.35. The number of rotatable bonds is 1. The Morgan fingerprint density at radius 2 is 2.07 bits per heavy atom. The van der Waals surface area contributed by atoms with Gasteiger partial charge in [0.1, 0.15) is 5.02 Å². The molecule has 0 aliphatic carbocycles. The van der Waals surface area contributed by atoms with E-state index >= 15 is 0 Å². The summed E-state index contributed by atoms with van der Waals surface area (Å²) in [7, 11) is 0. The van der Waals surface area contributed by atoms with Gasteiger partial charge in [0.25, 0.3) is 0 Å². The van der Waals surface area contributed by atoms with Crippen molar-refractivity contribution in [2.45, 2.75) is 6.92 Å². The first-order valence-corrected chi connectivity index (χ1v) is 4.63. The van der Waals surface area contributed by atoms with E-state index in [2.05, 4.69) is 10.2 Å². The van der Waals surface area contributed by atoms with Crippen molar-refractivity contribution in [3.63, 3.8) is 0 Å². The van der Waals surface area contributed by atoms with Gasteiger partial charge in [0.2, 0.25) is 0 Å². The van der Waals surface area contributed by atoms with E-state index in [9.17, 15) is 0 Å².